The Kier molecular flexibility index (Phi) is 4.02. The molecule has 4 aromatic rings. The van der Waals surface area contributed by atoms with E-state index in [2.05, 4.69) is 111 Å². The molecule has 4 aromatic carbocycles. The first-order chi connectivity index (χ1) is 11.8. The van der Waals surface area contributed by atoms with Gasteiger partial charge in [-0.3, -0.25) is 0 Å². The number of hydrogen-bond donors (Lipinski definition) is 0. The predicted octanol–water partition coefficient (Wildman–Crippen LogP) is 5.81. The zero-order valence-corrected chi connectivity index (χ0v) is 14.4. The third-order valence-electron chi connectivity index (χ3n) is 4.17. The molecular weight excluding hydrogens is 309 g/mol. The van der Waals surface area contributed by atoms with Crippen molar-refractivity contribution in [3.05, 3.63) is 97.1 Å². The zero-order chi connectivity index (χ0) is 16.4. The summed E-state index contributed by atoms with van der Waals surface area (Å²) in [5.41, 5.74) is 3.50. The van der Waals surface area contributed by atoms with E-state index in [1.807, 2.05) is 0 Å². The van der Waals surface area contributed by atoms with Crippen molar-refractivity contribution in [1.29, 1.82) is 0 Å². The second kappa shape index (κ2) is 6.47. The third kappa shape index (κ3) is 2.79. The molecule has 0 aliphatic heterocycles. The maximum Gasteiger partial charge on any atom is 0.0540 e. The lowest BCUT2D eigenvalue weighted by molar-refractivity contribution is 1.30. The first kappa shape index (κ1) is 14.9. The topological polar surface area (TPSA) is 3.24 Å². The number of anilines is 3. The predicted molar refractivity (Wildman–Crippen MR) is 108 cm³/mol. The van der Waals surface area contributed by atoms with E-state index >= 15 is 0 Å². The Balaban J connectivity index is 1.97. The van der Waals surface area contributed by atoms with Gasteiger partial charge in [-0.25, -0.2) is 0 Å². The van der Waals surface area contributed by atoms with Gasteiger partial charge in [-0.05, 0) is 41.0 Å². The van der Waals surface area contributed by atoms with Crippen LogP contribution in [0.4, 0.5) is 17.1 Å². The van der Waals surface area contributed by atoms with Crippen LogP contribution in [0.1, 0.15) is 0 Å². The molecule has 1 atom stereocenters. The highest BCUT2D eigenvalue weighted by atomic mass is 31.0. The van der Waals surface area contributed by atoms with E-state index in [4.69, 9.17) is 0 Å². The van der Waals surface area contributed by atoms with Crippen LogP contribution in [0, 0.1) is 0 Å². The Morgan fingerprint density at radius 3 is 1.96 bits per heavy atom. The SMILES string of the molecule is Pc1ccc(N(c2ccccc2)c2cccc3ccccc23)cc1. The van der Waals surface area contributed by atoms with E-state index < -0.39 is 0 Å². The Labute approximate surface area is 144 Å². The molecule has 0 heterocycles. The molecule has 0 radical (unpaired) electrons. The highest BCUT2D eigenvalue weighted by Crippen LogP contribution is 2.38. The average Bonchev–Trinajstić information content (AvgIpc) is 2.65. The van der Waals surface area contributed by atoms with E-state index in [0.717, 1.165) is 11.4 Å². The molecule has 0 saturated carbocycles. The van der Waals surface area contributed by atoms with Crippen molar-refractivity contribution in [2.24, 2.45) is 0 Å². The minimum absolute atomic E-state index is 1.16. The highest BCUT2D eigenvalue weighted by Gasteiger charge is 2.14. The van der Waals surface area contributed by atoms with E-state index in [0.29, 0.717) is 0 Å². The fourth-order valence-corrected chi connectivity index (χ4v) is 3.22. The molecule has 2 heteroatoms. The zero-order valence-electron chi connectivity index (χ0n) is 13.3. The fraction of sp³-hybridized carbons (Fsp3) is 0. The van der Waals surface area contributed by atoms with Crippen LogP contribution in [0.15, 0.2) is 97.1 Å². The average molecular weight is 327 g/mol. The fourth-order valence-electron chi connectivity index (χ4n) is 3.03. The van der Waals surface area contributed by atoms with Gasteiger partial charge in [0.15, 0.2) is 0 Å². The number of nitrogens with zero attached hydrogens (tertiary/aromatic N) is 1. The van der Waals surface area contributed by atoms with E-state index in [1.165, 1.54) is 21.8 Å². The first-order valence-electron chi connectivity index (χ1n) is 8.01. The monoisotopic (exact) mass is 327 g/mol. The van der Waals surface area contributed by atoms with Gasteiger partial charge in [0.2, 0.25) is 0 Å². The molecule has 0 aromatic heterocycles. The smallest absolute Gasteiger partial charge is 0.0540 e. The summed E-state index contributed by atoms with van der Waals surface area (Å²) < 4.78 is 0. The van der Waals surface area contributed by atoms with Gasteiger partial charge < -0.3 is 4.90 Å². The van der Waals surface area contributed by atoms with Crippen LogP contribution in [-0.4, -0.2) is 0 Å². The molecule has 0 saturated heterocycles. The Morgan fingerprint density at radius 2 is 1.17 bits per heavy atom. The lowest BCUT2D eigenvalue weighted by Crippen LogP contribution is -2.10. The van der Waals surface area contributed by atoms with Gasteiger partial charge in [0, 0.05) is 16.8 Å². The molecule has 116 valence electrons. The summed E-state index contributed by atoms with van der Waals surface area (Å²) in [5, 5.41) is 3.68. The van der Waals surface area contributed by atoms with Crippen molar-refractivity contribution in [3.63, 3.8) is 0 Å². The van der Waals surface area contributed by atoms with Crippen molar-refractivity contribution in [1.82, 2.24) is 0 Å². The van der Waals surface area contributed by atoms with Crippen LogP contribution < -0.4 is 10.2 Å². The Hall–Kier alpha value is -2.63. The van der Waals surface area contributed by atoms with Crippen LogP contribution in [-0.2, 0) is 0 Å². The highest BCUT2D eigenvalue weighted by molar-refractivity contribution is 7.27. The van der Waals surface area contributed by atoms with Crippen LogP contribution in [0.3, 0.4) is 0 Å². The summed E-state index contributed by atoms with van der Waals surface area (Å²) in [6, 6.07) is 34.1. The number of fused-ring (bicyclic) bond motifs is 1. The molecular formula is C22H18NP. The molecule has 0 aliphatic carbocycles. The molecule has 0 aliphatic rings. The summed E-state index contributed by atoms with van der Waals surface area (Å²) in [6.45, 7) is 0. The number of rotatable bonds is 3. The van der Waals surface area contributed by atoms with E-state index in [1.54, 1.807) is 0 Å². The van der Waals surface area contributed by atoms with Crippen molar-refractivity contribution in [2.45, 2.75) is 0 Å². The van der Waals surface area contributed by atoms with E-state index in [-0.39, 0.29) is 0 Å². The number of hydrogen-bond acceptors (Lipinski definition) is 1. The third-order valence-corrected chi connectivity index (χ3v) is 4.56. The molecule has 1 unspecified atom stereocenters. The lowest BCUT2D eigenvalue weighted by Gasteiger charge is -2.26. The van der Waals surface area contributed by atoms with Crippen LogP contribution >= 0.6 is 9.24 Å². The largest absolute Gasteiger partial charge is 0.310 e. The molecule has 4 rings (SSSR count). The lowest BCUT2D eigenvalue weighted by atomic mass is 10.1. The summed E-state index contributed by atoms with van der Waals surface area (Å²) >= 11 is 0. The van der Waals surface area contributed by atoms with Gasteiger partial charge >= 0.3 is 0 Å². The van der Waals surface area contributed by atoms with Crippen molar-refractivity contribution in [2.75, 3.05) is 4.90 Å². The number of para-hydroxylation sites is 1. The molecule has 0 N–H and O–H groups in total. The van der Waals surface area contributed by atoms with Gasteiger partial charge in [-0.1, -0.05) is 66.7 Å². The van der Waals surface area contributed by atoms with Gasteiger partial charge in [0.1, 0.15) is 0 Å². The summed E-state index contributed by atoms with van der Waals surface area (Å²) in [4.78, 5) is 2.31. The quantitative estimate of drug-likeness (QED) is 0.429. The van der Waals surface area contributed by atoms with E-state index in [9.17, 15) is 0 Å². The summed E-state index contributed by atoms with van der Waals surface area (Å²) in [5.74, 6) is 0. The molecule has 0 spiro atoms. The van der Waals surface area contributed by atoms with Gasteiger partial charge in [-0.15, -0.1) is 9.24 Å². The molecule has 24 heavy (non-hydrogen) atoms. The minimum Gasteiger partial charge on any atom is -0.310 e. The minimum atomic E-state index is 1.16. The normalized spacial score (nSPS) is 10.7. The molecule has 0 amide bonds. The molecule has 1 nitrogen and oxygen atoms in total. The van der Waals surface area contributed by atoms with Crippen LogP contribution in [0.5, 0.6) is 0 Å². The van der Waals surface area contributed by atoms with Crippen molar-refractivity contribution >= 4 is 42.4 Å². The summed E-state index contributed by atoms with van der Waals surface area (Å²) in [7, 11) is 2.75. The van der Waals surface area contributed by atoms with Crippen LogP contribution in [0.25, 0.3) is 10.8 Å². The summed E-state index contributed by atoms with van der Waals surface area (Å²) in [6.07, 6.45) is 0. The number of benzene rings is 4. The van der Waals surface area contributed by atoms with Crippen LogP contribution in [0.2, 0.25) is 0 Å². The second-order valence-electron chi connectivity index (χ2n) is 5.76. The second-order valence-corrected chi connectivity index (χ2v) is 6.43. The molecule has 0 bridgehead atoms. The van der Waals surface area contributed by atoms with Gasteiger partial charge in [0.05, 0.1) is 5.69 Å². The maximum atomic E-state index is 2.75. The standard InChI is InChI=1S/C22H18NP/c24-20-15-13-19(14-16-20)23(18-9-2-1-3-10-18)22-12-6-8-17-7-4-5-11-21(17)22/h1-16H,24H2. The molecule has 0 fully saturated rings. The first-order valence-corrected chi connectivity index (χ1v) is 8.59. The van der Waals surface area contributed by atoms with Crippen molar-refractivity contribution in [3.8, 4) is 0 Å². The van der Waals surface area contributed by atoms with Gasteiger partial charge in [0.25, 0.3) is 0 Å². The van der Waals surface area contributed by atoms with Crippen molar-refractivity contribution < 1.29 is 0 Å². The Bertz CT molecular complexity index is 957. The Morgan fingerprint density at radius 1 is 0.542 bits per heavy atom. The van der Waals surface area contributed by atoms with Gasteiger partial charge in [-0.2, -0.15) is 0 Å². The maximum absolute atomic E-state index is 2.75.